The molecule has 2 aromatic rings. The summed E-state index contributed by atoms with van der Waals surface area (Å²) in [6.45, 7) is 4.97. The molecule has 0 bridgehead atoms. The normalized spacial score (nSPS) is 10.8. The van der Waals surface area contributed by atoms with Crippen LogP contribution in [0.25, 0.3) is 0 Å². The van der Waals surface area contributed by atoms with Crippen molar-refractivity contribution in [2.75, 3.05) is 0 Å². The minimum absolute atomic E-state index is 0.776. The summed E-state index contributed by atoms with van der Waals surface area (Å²) in [7, 11) is 0. The Morgan fingerprint density at radius 2 is 2.40 bits per heavy atom. The van der Waals surface area contributed by atoms with E-state index in [4.69, 9.17) is 4.52 Å². The molecular weight excluding hydrogens is 210 g/mol. The highest BCUT2D eigenvalue weighted by Crippen LogP contribution is 2.21. The second-order valence-electron chi connectivity index (χ2n) is 3.22. The van der Waals surface area contributed by atoms with Crippen LogP contribution in [0.3, 0.4) is 0 Å². The fourth-order valence-corrected chi connectivity index (χ4v) is 2.19. The van der Waals surface area contributed by atoms with Crippen molar-refractivity contribution in [1.82, 2.24) is 14.7 Å². The second kappa shape index (κ2) is 4.53. The number of hydrogen-bond donors (Lipinski definition) is 0. The molecule has 0 radical (unpaired) electrons. The lowest BCUT2D eigenvalue weighted by atomic mass is 10.4. The Morgan fingerprint density at radius 1 is 1.53 bits per heavy atom. The molecule has 0 aliphatic carbocycles. The van der Waals surface area contributed by atoms with Gasteiger partial charge in [-0.3, -0.25) is 0 Å². The van der Waals surface area contributed by atoms with E-state index in [1.165, 1.54) is 0 Å². The van der Waals surface area contributed by atoms with E-state index in [1.807, 2.05) is 25.4 Å². The average Bonchev–Trinajstić information content (AvgIpc) is 2.83. The van der Waals surface area contributed by atoms with E-state index < -0.39 is 0 Å². The lowest BCUT2D eigenvalue weighted by molar-refractivity contribution is 0.391. The van der Waals surface area contributed by atoms with Crippen LogP contribution in [0, 0.1) is 6.92 Å². The Bertz CT molecular complexity index is 435. The first-order chi connectivity index (χ1) is 7.29. The SMILES string of the molecule is CCn1ccnc1SCc1cc(C)no1. The number of hydrogen-bond acceptors (Lipinski definition) is 4. The van der Waals surface area contributed by atoms with Gasteiger partial charge in [-0.2, -0.15) is 0 Å². The molecule has 5 heteroatoms. The van der Waals surface area contributed by atoms with Gasteiger partial charge in [-0.25, -0.2) is 4.98 Å². The molecule has 2 heterocycles. The second-order valence-corrected chi connectivity index (χ2v) is 4.16. The van der Waals surface area contributed by atoms with Gasteiger partial charge in [0.1, 0.15) is 5.76 Å². The average molecular weight is 223 g/mol. The van der Waals surface area contributed by atoms with Gasteiger partial charge in [-0.05, 0) is 13.8 Å². The molecule has 0 aromatic carbocycles. The summed E-state index contributed by atoms with van der Waals surface area (Å²) in [5, 5.41) is 4.86. The Labute approximate surface area is 92.7 Å². The molecule has 0 aliphatic heterocycles. The van der Waals surface area contributed by atoms with E-state index in [1.54, 1.807) is 11.8 Å². The summed E-state index contributed by atoms with van der Waals surface area (Å²) in [4.78, 5) is 4.27. The third-order valence-electron chi connectivity index (χ3n) is 2.04. The summed E-state index contributed by atoms with van der Waals surface area (Å²) < 4.78 is 7.23. The molecule has 0 aliphatic rings. The van der Waals surface area contributed by atoms with E-state index >= 15 is 0 Å². The van der Waals surface area contributed by atoms with Crippen molar-refractivity contribution in [2.45, 2.75) is 31.3 Å². The molecule has 0 amide bonds. The van der Waals surface area contributed by atoms with Gasteiger partial charge in [-0.15, -0.1) is 0 Å². The van der Waals surface area contributed by atoms with Crippen molar-refractivity contribution in [1.29, 1.82) is 0 Å². The monoisotopic (exact) mass is 223 g/mol. The van der Waals surface area contributed by atoms with Crippen LogP contribution in [-0.2, 0) is 12.3 Å². The minimum atomic E-state index is 0.776. The van der Waals surface area contributed by atoms with Gasteiger partial charge in [0.05, 0.1) is 11.4 Å². The molecule has 2 aromatic heterocycles. The van der Waals surface area contributed by atoms with Crippen molar-refractivity contribution in [3.8, 4) is 0 Å². The van der Waals surface area contributed by atoms with Crippen molar-refractivity contribution >= 4 is 11.8 Å². The molecule has 0 atom stereocenters. The van der Waals surface area contributed by atoms with Crippen LogP contribution >= 0.6 is 11.8 Å². The molecule has 4 nitrogen and oxygen atoms in total. The van der Waals surface area contributed by atoms with Crippen molar-refractivity contribution in [3.05, 3.63) is 29.9 Å². The van der Waals surface area contributed by atoms with E-state index in [-0.39, 0.29) is 0 Å². The Kier molecular flexibility index (Phi) is 3.11. The first-order valence-corrected chi connectivity index (χ1v) is 5.84. The zero-order chi connectivity index (χ0) is 10.7. The third kappa shape index (κ3) is 2.41. The van der Waals surface area contributed by atoms with Crippen LogP contribution in [0.5, 0.6) is 0 Å². The summed E-state index contributed by atoms with van der Waals surface area (Å²) in [6, 6.07) is 1.95. The van der Waals surface area contributed by atoms with Gasteiger partial charge in [-0.1, -0.05) is 16.9 Å². The van der Waals surface area contributed by atoms with Crippen LogP contribution in [0.1, 0.15) is 18.4 Å². The molecule has 0 saturated carbocycles. The van der Waals surface area contributed by atoms with Crippen LogP contribution in [-0.4, -0.2) is 14.7 Å². The van der Waals surface area contributed by atoms with Crippen LogP contribution < -0.4 is 0 Å². The molecule has 0 unspecified atom stereocenters. The van der Waals surface area contributed by atoms with Gasteiger partial charge in [0.2, 0.25) is 0 Å². The maximum absolute atomic E-state index is 5.13. The lowest BCUT2D eigenvalue weighted by Crippen LogP contribution is -1.94. The summed E-state index contributed by atoms with van der Waals surface area (Å²) in [5.41, 5.74) is 0.921. The van der Waals surface area contributed by atoms with Gasteiger partial charge in [0, 0.05) is 25.0 Å². The highest BCUT2D eigenvalue weighted by molar-refractivity contribution is 7.98. The molecule has 2 rings (SSSR count). The zero-order valence-corrected chi connectivity index (χ0v) is 9.62. The largest absolute Gasteiger partial charge is 0.360 e. The quantitative estimate of drug-likeness (QED) is 0.747. The fourth-order valence-electron chi connectivity index (χ4n) is 1.30. The number of aryl methyl sites for hydroxylation is 2. The Hall–Kier alpha value is -1.23. The van der Waals surface area contributed by atoms with Gasteiger partial charge < -0.3 is 9.09 Å². The first-order valence-electron chi connectivity index (χ1n) is 4.85. The summed E-state index contributed by atoms with van der Waals surface area (Å²) in [5.74, 6) is 1.67. The number of imidazole rings is 1. The van der Waals surface area contributed by atoms with Crippen molar-refractivity contribution in [3.63, 3.8) is 0 Å². The van der Waals surface area contributed by atoms with Gasteiger partial charge >= 0.3 is 0 Å². The lowest BCUT2D eigenvalue weighted by Gasteiger charge is -2.01. The summed E-state index contributed by atoms with van der Waals surface area (Å²) in [6.07, 6.45) is 3.80. The van der Waals surface area contributed by atoms with Crippen LogP contribution in [0.4, 0.5) is 0 Å². The topological polar surface area (TPSA) is 43.9 Å². The van der Waals surface area contributed by atoms with E-state index in [0.29, 0.717) is 0 Å². The van der Waals surface area contributed by atoms with E-state index in [0.717, 1.165) is 28.9 Å². The zero-order valence-electron chi connectivity index (χ0n) is 8.80. The highest BCUT2D eigenvalue weighted by Gasteiger charge is 2.05. The molecular formula is C10H13N3OS. The number of rotatable bonds is 4. The molecule has 0 spiro atoms. The van der Waals surface area contributed by atoms with Crippen LogP contribution in [0.15, 0.2) is 28.1 Å². The van der Waals surface area contributed by atoms with E-state index in [2.05, 4.69) is 21.6 Å². The van der Waals surface area contributed by atoms with Crippen molar-refractivity contribution in [2.24, 2.45) is 0 Å². The predicted octanol–water partition coefficient (Wildman–Crippen LogP) is 2.49. The molecule has 15 heavy (non-hydrogen) atoms. The Morgan fingerprint density at radius 3 is 3.07 bits per heavy atom. The number of aromatic nitrogens is 3. The van der Waals surface area contributed by atoms with E-state index in [9.17, 15) is 0 Å². The number of nitrogens with zero attached hydrogens (tertiary/aromatic N) is 3. The summed E-state index contributed by atoms with van der Waals surface area (Å²) >= 11 is 1.66. The van der Waals surface area contributed by atoms with Crippen LogP contribution in [0.2, 0.25) is 0 Å². The van der Waals surface area contributed by atoms with Gasteiger partial charge in [0.15, 0.2) is 5.16 Å². The molecule has 0 N–H and O–H groups in total. The number of thioether (sulfide) groups is 1. The smallest absolute Gasteiger partial charge is 0.168 e. The molecule has 80 valence electrons. The van der Waals surface area contributed by atoms with Crippen molar-refractivity contribution < 1.29 is 4.52 Å². The Balaban J connectivity index is 1.98. The fraction of sp³-hybridized carbons (Fsp3) is 0.400. The predicted molar refractivity (Wildman–Crippen MR) is 58.7 cm³/mol. The first kappa shape index (κ1) is 10.3. The molecule has 0 fully saturated rings. The maximum atomic E-state index is 5.13. The maximum Gasteiger partial charge on any atom is 0.168 e. The highest BCUT2D eigenvalue weighted by atomic mass is 32.2. The molecule has 0 saturated heterocycles. The standard InChI is InChI=1S/C10H13N3OS/c1-3-13-5-4-11-10(13)15-7-9-6-8(2)12-14-9/h4-6H,3,7H2,1-2H3. The third-order valence-corrected chi connectivity index (χ3v) is 3.07. The minimum Gasteiger partial charge on any atom is -0.360 e. The van der Waals surface area contributed by atoms with Gasteiger partial charge in [0.25, 0.3) is 0 Å².